The highest BCUT2D eigenvalue weighted by atomic mass is 16.5. The Labute approximate surface area is 200 Å². The molecule has 0 aromatic heterocycles. The summed E-state index contributed by atoms with van der Waals surface area (Å²) in [5, 5.41) is 5.72. The molecule has 2 aliphatic rings. The minimum Gasteiger partial charge on any atom is -0.497 e. The van der Waals surface area contributed by atoms with Crippen LogP contribution in [0.1, 0.15) is 22.7 Å². The molecular weight excluding hydrogens is 432 g/mol. The fourth-order valence-corrected chi connectivity index (χ4v) is 4.60. The van der Waals surface area contributed by atoms with Crippen molar-refractivity contribution in [1.82, 2.24) is 15.5 Å². The van der Waals surface area contributed by atoms with Crippen LogP contribution in [0.4, 0.5) is 10.5 Å². The van der Waals surface area contributed by atoms with Crippen molar-refractivity contribution in [3.05, 3.63) is 70.4 Å². The molecule has 1 saturated heterocycles. The summed E-state index contributed by atoms with van der Waals surface area (Å²) in [6.07, 6.45) is 0. The van der Waals surface area contributed by atoms with Crippen LogP contribution in [0.15, 0.2) is 53.7 Å². The van der Waals surface area contributed by atoms with Crippen LogP contribution in [0.2, 0.25) is 0 Å². The van der Waals surface area contributed by atoms with E-state index in [2.05, 4.69) is 52.5 Å². The number of methoxy groups -OCH3 is 2. The zero-order valence-corrected chi connectivity index (χ0v) is 20.2. The van der Waals surface area contributed by atoms with E-state index in [-0.39, 0.29) is 6.03 Å². The van der Waals surface area contributed by atoms with Gasteiger partial charge in [-0.25, -0.2) is 9.59 Å². The zero-order chi connectivity index (χ0) is 24.2. The number of benzene rings is 2. The predicted octanol–water partition coefficient (Wildman–Crippen LogP) is 2.92. The van der Waals surface area contributed by atoms with Crippen molar-refractivity contribution in [2.24, 2.45) is 0 Å². The van der Waals surface area contributed by atoms with Gasteiger partial charge in [-0.3, -0.25) is 4.90 Å². The summed E-state index contributed by atoms with van der Waals surface area (Å²) in [5.74, 6) is 0.183. The van der Waals surface area contributed by atoms with E-state index in [0.717, 1.165) is 31.7 Å². The molecule has 0 bridgehead atoms. The minimum absolute atomic E-state index is 0.343. The number of esters is 1. The van der Waals surface area contributed by atoms with E-state index in [9.17, 15) is 9.59 Å². The second kappa shape index (κ2) is 10.2. The second-order valence-corrected chi connectivity index (χ2v) is 8.75. The smallest absolute Gasteiger partial charge is 0.338 e. The Hall–Kier alpha value is -3.52. The number of carbonyl (C=O) groups excluding carboxylic acids is 2. The number of ether oxygens (including phenoxy) is 2. The van der Waals surface area contributed by atoms with Crippen molar-refractivity contribution in [3.8, 4) is 5.75 Å². The fraction of sp³-hybridized carbons (Fsp3) is 0.385. The van der Waals surface area contributed by atoms with E-state index in [0.29, 0.717) is 23.6 Å². The van der Waals surface area contributed by atoms with Crippen molar-refractivity contribution in [2.45, 2.75) is 19.9 Å². The van der Waals surface area contributed by atoms with E-state index in [1.807, 2.05) is 24.3 Å². The van der Waals surface area contributed by atoms with Crippen molar-refractivity contribution in [2.75, 3.05) is 51.8 Å². The average Bonchev–Trinajstić information content (AvgIpc) is 2.85. The summed E-state index contributed by atoms with van der Waals surface area (Å²) in [5.41, 5.74) is 5.52. The summed E-state index contributed by atoms with van der Waals surface area (Å²) in [6.45, 7) is 8.08. The van der Waals surface area contributed by atoms with Gasteiger partial charge in [-0.15, -0.1) is 0 Å². The van der Waals surface area contributed by atoms with E-state index < -0.39 is 12.0 Å². The Kier molecular flexibility index (Phi) is 7.07. The van der Waals surface area contributed by atoms with Crippen LogP contribution in [0.3, 0.4) is 0 Å². The predicted molar refractivity (Wildman–Crippen MR) is 131 cm³/mol. The third-order valence-corrected chi connectivity index (χ3v) is 6.45. The molecule has 180 valence electrons. The van der Waals surface area contributed by atoms with Gasteiger partial charge in [0.05, 0.1) is 25.8 Å². The van der Waals surface area contributed by atoms with E-state index in [1.165, 1.54) is 23.9 Å². The average molecular weight is 465 g/mol. The molecule has 8 heteroatoms. The van der Waals surface area contributed by atoms with Gasteiger partial charge in [-0.05, 0) is 48.7 Å². The molecule has 1 atom stereocenters. The number of urea groups is 1. The van der Waals surface area contributed by atoms with Gasteiger partial charge in [-0.1, -0.05) is 24.3 Å². The molecule has 8 nitrogen and oxygen atoms in total. The molecule has 1 unspecified atom stereocenters. The summed E-state index contributed by atoms with van der Waals surface area (Å²) >= 11 is 0. The maximum atomic E-state index is 12.8. The molecule has 0 spiro atoms. The van der Waals surface area contributed by atoms with Crippen molar-refractivity contribution in [1.29, 1.82) is 0 Å². The van der Waals surface area contributed by atoms with Crippen LogP contribution in [0.5, 0.6) is 5.75 Å². The summed E-state index contributed by atoms with van der Waals surface area (Å²) in [4.78, 5) is 30.0. The van der Waals surface area contributed by atoms with Crippen molar-refractivity contribution in [3.63, 3.8) is 0 Å². The quantitative estimate of drug-likeness (QED) is 0.640. The standard InChI is InChI=1S/C26H32N4O4/c1-17-8-9-18(2)22(14-17)30-12-10-29(11-13-30)16-21-23(25(31)34-4)24(28-26(32)27-21)19-6-5-7-20(15-19)33-3/h5-9,14-15,24H,10-13,16H2,1-4H3,(H2,27,28,32). The van der Waals surface area contributed by atoms with Crippen LogP contribution in [-0.4, -0.2) is 63.8 Å². The number of rotatable bonds is 6. The van der Waals surface area contributed by atoms with Crippen LogP contribution in [-0.2, 0) is 9.53 Å². The lowest BCUT2D eigenvalue weighted by Gasteiger charge is -2.38. The first-order valence-corrected chi connectivity index (χ1v) is 11.5. The molecule has 0 aliphatic carbocycles. The van der Waals surface area contributed by atoms with Crippen LogP contribution < -0.4 is 20.3 Å². The van der Waals surface area contributed by atoms with Crippen molar-refractivity contribution >= 4 is 17.7 Å². The molecule has 2 N–H and O–H groups in total. The van der Waals surface area contributed by atoms with Gasteiger partial charge >= 0.3 is 12.0 Å². The molecule has 2 aliphatic heterocycles. The Morgan fingerprint density at radius 2 is 1.82 bits per heavy atom. The lowest BCUT2D eigenvalue weighted by atomic mass is 9.94. The number of piperazine rings is 1. The second-order valence-electron chi connectivity index (χ2n) is 8.75. The number of nitrogens with one attached hydrogen (secondary N) is 2. The van der Waals surface area contributed by atoms with E-state index in [4.69, 9.17) is 9.47 Å². The lowest BCUT2D eigenvalue weighted by molar-refractivity contribution is -0.136. The van der Waals surface area contributed by atoms with E-state index >= 15 is 0 Å². The van der Waals surface area contributed by atoms with Crippen molar-refractivity contribution < 1.29 is 19.1 Å². The minimum atomic E-state index is -0.623. The molecule has 2 aromatic rings. The summed E-state index contributed by atoms with van der Waals surface area (Å²) in [7, 11) is 2.94. The Morgan fingerprint density at radius 1 is 1.06 bits per heavy atom. The Balaban J connectivity index is 1.56. The molecule has 0 saturated carbocycles. The molecule has 4 rings (SSSR count). The molecule has 2 aromatic carbocycles. The monoisotopic (exact) mass is 464 g/mol. The third-order valence-electron chi connectivity index (χ3n) is 6.45. The van der Waals surface area contributed by atoms with Gasteiger partial charge in [0, 0.05) is 44.1 Å². The molecular formula is C26H32N4O4. The summed E-state index contributed by atoms with van der Waals surface area (Å²) in [6, 6.07) is 12.9. The van der Waals surface area contributed by atoms with Gasteiger partial charge in [0.2, 0.25) is 0 Å². The normalized spacial score (nSPS) is 18.9. The summed E-state index contributed by atoms with van der Waals surface area (Å²) < 4.78 is 10.4. The Morgan fingerprint density at radius 3 is 2.53 bits per heavy atom. The lowest BCUT2D eigenvalue weighted by Crippen LogP contribution is -2.51. The first kappa shape index (κ1) is 23.6. The molecule has 34 heavy (non-hydrogen) atoms. The Bertz CT molecular complexity index is 1110. The van der Waals surface area contributed by atoms with Gasteiger partial charge < -0.3 is 25.0 Å². The number of hydrogen-bond acceptors (Lipinski definition) is 6. The van der Waals surface area contributed by atoms with Gasteiger partial charge in [0.15, 0.2) is 0 Å². The molecule has 2 amide bonds. The number of hydrogen-bond donors (Lipinski definition) is 2. The maximum Gasteiger partial charge on any atom is 0.338 e. The van der Waals surface area contributed by atoms with E-state index in [1.54, 1.807) is 7.11 Å². The number of amides is 2. The van der Waals surface area contributed by atoms with Crippen LogP contribution in [0.25, 0.3) is 0 Å². The highest BCUT2D eigenvalue weighted by Crippen LogP contribution is 2.30. The number of aryl methyl sites for hydroxylation is 2. The highest BCUT2D eigenvalue weighted by molar-refractivity contribution is 5.95. The number of carbonyl (C=O) groups is 2. The SMILES string of the molecule is COC(=O)C1=C(CN2CCN(c3cc(C)ccc3C)CC2)NC(=O)NC1c1cccc(OC)c1. The first-order chi connectivity index (χ1) is 16.4. The third kappa shape index (κ3) is 5.02. The fourth-order valence-electron chi connectivity index (χ4n) is 4.60. The maximum absolute atomic E-state index is 12.8. The first-order valence-electron chi connectivity index (χ1n) is 11.5. The van der Waals surface area contributed by atoms with Gasteiger partial charge in [0.1, 0.15) is 5.75 Å². The molecule has 0 radical (unpaired) electrons. The molecule has 1 fully saturated rings. The van der Waals surface area contributed by atoms with Crippen LogP contribution in [0, 0.1) is 13.8 Å². The number of nitrogens with zero attached hydrogens (tertiary/aromatic N) is 2. The molecule has 2 heterocycles. The van der Waals surface area contributed by atoms with Gasteiger partial charge in [-0.2, -0.15) is 0 Å². The highest BCUT2D eigenvalue weighted by Gasteiger charge is 2.34. The topological polar surface area (TPSA) is 83.1 Å². The largest absolute Gasteiger partial charge is 0.497 e. The number of anilines is 1. The van der Waals surface area contributed by atoms with Gasteiger partial charge in [0.25, 0.3) is 0 Å². The van der Waals surface area contributed by atoms with Crippen LogP contribution >= 0.6 is 0 Å². The zero-order valence-electron chi connectivity index (χ0n) is 20.2.